The van der Waals surface area contributed by atoms with Gasteiger partial charge in [0.05, 0.1) is 6.42 Å². The average molecular weight is 312 g/mol. The van der Waals surface area contributed by atoms with Gasteiger partial charge in [0.15, 0.2) is 0 Å². The Morgan fingerprint density at radius 1 is 1.33 bits per heavy atom. The normalized spacial score (nSPS) is 11.3. The molecule has 0 saturated carbocycles. The second-order valence-electron chi connectivity index (χ2n) is 5.48. The maximum Gasteiger partial charge on any atom is 0.224 e. The molecule has 0 fully saturated rings. The summed E-state index contributed by atoms with van der Waals surface area (Å²) in [5.74, 6) is 0.104. The van der Waals surface area contributed by atoms with E-state index in [4.69, 9.17) is 0 Å². The highest BCUT2D eigenvalue weighted by Gasteiger charge is 2.18. The topological polar surface area (TPSA) is 29.1 Å². The van der Waals surface area contributed by atoms with Crippen molar-refractivity contribution in [1.29, 1.82) is 0 Å². The van der Waals surface area contributed by atoms with E-state index in [1.54, 1.807) is 0 Å². The number of carbonyl (C=O) groups excluding carboxylic acids is 1. The zero-order valence-electron chi connectivity index (χ0n) is 11.4. The highest BCUT2D eigenvalue weighted by Crippen LogP contribution is 2.20. The Morgan fingerprint density at radius 2 is 2.00 bits per heavy atom. The van der Waals surface area contributed by atoms with Gasteiger partial charge in [0.1, 0.15) is 0 Å². The Kier molecular flexibility index (Phi) is 5.86. The molecule has 0 aliphatic rings. The molecule has 0 saturated heterocycles. The van der Waals surface area contributed by atoms with Gasteiger partial charge in [-0.1, -0.05) is 54.0 Å². The number of halogens is 1. The highest BCUT2D eigenvalue weighted by atomic mass is 79.9. The lowest BCUT2D eigenvalue weighted by Gasteiger charge is -2.24. The second-order valence-corrected chi connectivity index (χ2v) is 6.28. The van der Waals surface area contributed by atoms with Gasteiger partial charge in [0, 0.05) is 11.9 Å². The van der Waals surface area contributed by atoms with E-state index in [2.05, 4.69) is 35.1 Å². The number of rotatable bonds is 6. The Bertz CT molecular complexity index is 401. The molecule has 0 heterocycles. The molecular weight excluding hydrogens is 290 g/mol. The summed E-state index contributed by atoms with van der Waals surface area (Å²) < 4.78 is 0. The van der Waals surface area contributed by atoms with E-state index in [-0.39, 0.29) is 11.3 Å². The minimum Gasteiger partial charge on any atom is -0.355 e. The van der Waals surface area contributed by atoms with Crippen molar-refractivity contribution in [3.8, 4) is 0 Å². The highest BCUT2D eigenvalue weighted by molar-refractivity contribution is 9.09. The third kappa shape index (κ3) is 5.21. The number of alkyl halides is 1. The number of benzene rings is 1. The summed E-state index contributed by atoms with van der Waals surface area (Å²) in [5.41, 5.74) is 2.42. The van der Waals surface area contributed by atoms with Gasteiger partial charge in [-0.05, 0) is 29.9 Å². The first-order valence-electron chi connectivity index (χ1n) is 6.32. The van der Waals surface area contributed by atoms with E-state index in [0.717, 1.165) is 23.9 Å². The molecule has 1 aromatic carbocycles. The van der Waals surface area contributed by atoms with E-state index in [0.29, 0.717) is 6.42 Å². The summed E-state index contributed by atoms with van der Waals surface area (Å²) >= 11 is 3.44. The van der Waals surface area contributed by atoms with Gasteiger partial charge in [-0.3, -0.25) is 4.79 Å². The van der Waals surface area contributed by atoms with Crippen LogP contribution in [0.4, 0.5) is 0 Å². The van der Waals surface area contributed by atoms with Crippen LogP contribution in [-0.2, 0) is 11.2 Å². The van der Waals surface area contributed by atoms with Crippen molar-refractivity contribution >= 4 is 21.8 Å². The number of hydrogen-bond acceptors (Lipinski definition) is 1. The van der Waals surface area contributed by atoms with Gasteiger partial charge in [0.25, 0.3) is 0 Å². The summed E-state index contributed by atoms with van der Waals surface area (Å²) in [4.78, 5) is 11.9. The Hall–Kier alpha value is -0.830. The fourth-order valence-electron chi connectivity index (χ4n) is 1.73. The first-order chi connectivity index (χ1) is 8.44. The number of aryl methyl sites for hydroxylation is 1. The van der Waals surface area contributed by atoms with Gasteiger partial charge in [0.2, 0.25) is 5.91 Å². The fraction of sp³-hybridized carbons (Fsp3) is 0.533. The number of carbonyl (C=O) groups is 1. The van der Waals surface area contributed by atoms with Crippen molar-refractivity contribution in [3.05, 3.63) is 35.4 Å². The van der Waals surface area contributed by atoms with Crippen LogP contribution in [0.2, 0.25) is 0 Å². The van der Waals surface area contributed by atoms with Crippen LogP contribution in [-0.4, -0.2) is 17.8 Å². The SMILES string of the molecule is Cc1ccccc1CC(=O)NCC(C)(C)CCBr. The van der Waals surface area contributed by atoms with Gasteiger partial charge < -0.3 is 5.32 Å². The molecule has 0 atom stereocenters. The maximum absolute atomic E-state index is 11.9. The van der Waals surface area contributed by atoms with Crippen molar-refractivity contribution in [2.75, 3.05) is 11.9 Å². The molecule has 0 aliphatic carbocycles. The lowest BCUT2D eigenvalue weighted by Crippen LogP contribution is -2.35. The third-order valence-corrected chi connectivity index (χ3v) is 3.54. The first-order valence-corrected chi connectivity index (χ1v) is 7.44. The molecule has 1 amide bonds. The Morgan fingerprint density at radius 3 is 2.61 bits per heavy atom. The number of nitrogens with one attached hydrogen (secondary N) is 1. The lowest BCUT2D eigenvalue weighted by molar-refractivity contribution is -0.120. The molecule has 0 spiro atoms. The fourth-order valence-corrected chi connectivity index (χ4v) is 2.80. The number of amides is 1. The summed E-state index contributed by atoms with van der Waals surface area (Å²) in [6.45, 7) is 7.10. The first kappa shape index (κ1) is 15.2. The van der Waals surface area contributed by atoms with Crippen LogP contribution in [0.1, 0.15) is 31.4 Å². The summed E-state index contributed by atoms with van der Waals surface area (Å²) in [5, 5.41) is 3.99. The molecule has 0 aliphatic heterocycles. The molecule has 2 nitrogen and oxygen atoms in total. The molecule has 3 heteroatoms. The summed E-state index contributed by atoms with van der Waals surface area (Å²) in [6.07, 6.45) is 1.52. The summed E-state index contributed by atoms with van der Waals surface area (Å²) in [6, 6.07) is 8.02. The molecular formula is C15H22BrNO. The second kappa shape index (κ2) is 6.93. The Labute approximate surface area is 118 Å². The van der Waals surface area contributed by atoms with E-state index in [1.807, 2.05) is 31.2 Å². The van der Waals surface area contributed by atoms with Gasteiger partial charge in [-0.2, -0.15) is 0 Å². The maximum atomic E-state index is 11.9. The summed E-state index contributed by atoms with van der Waals surface area (Å²) in [7, 11) is 0. The third-order valence-electron chi connectivity index (χ3n) is 3.15. The molecule has 100 valence electrons. The molecule has 0 radical (unpaired) electrons. The zero-order valence-corrected chi connectivity index (χ0v) is 13.0. The predicted octanol–water partition coefficient (Wildman–Crippen LogP) is 3.46. The quantitative estimate of drug-likeness (QED) is 0.801. The smallest absolute Gasteiger partial charge is 0.224 e. The van der Waals surface area contributed by atoms with Gasteiger partial charge >= 0.3 is 0 Å². The Balaban J connectivity index is 2.46. The molecule has 0 unspecified atom stereocenters. The van der Waals surface area contributed by atoms with Crippen molar-refractivity contribution in [2.24, 2.45) is 5.41 Å². The van der Waals surface area contributed by atoms with E-state index in [9.17, 15) is 4.79 Å². The van der Waals surface area contributed by atoms with Crippen LogP contribution in [0.25, 0.3) is 0 Å². The largest absolute Gasteiger partial charge is 0.355 e. The number of hydrogen-bond donors (Lipinski definition) is 1. The average Bonchev–Trinajstić information content (AvgIpc) is 2.30. The van der Waals surface area contributed by atoms with Crippen LogP contribution < -0.4 is 5.32 Å². The van der Waals surface area contributed by atoms with Gasteiger partial charge in [-0.15, -0.1) is 0 Å². The minimum atomic E-state index is 0.104. The molecule has 1 rings (SSSR count). The zero-order chi connectivity index (χ0) is 13.6. The van der Waals surface area contributed by atoms with E-state index < -0.39 is 0 Å². The predicted molar refractivity (Wildman–Crippen MR) is 80.1 cm³/mol. The van der Waals surface area contributed by atoms with Crippen LogP contribution in [0.3, 0.4) is 0 Å². The van der Waals surface area contributed by atoms with Crippen LogP contribution in [0.15, 0.2) is 24.3 Å². The molecule has 1 N–H and O–H groups in total. The van der Waals surface area contributed by atoms with Crippen molar-refractivity contribution in [2.45, 2.75) is 33.6 Å². The monoisotopic (exact) mass is 311 g/mol. The van der Waals surface area contributed by atoms with E-state index in [1.165, 1.54) is 5.56 Å². The standard InChI is InChI=1S/C15H22BrNO/c1-12-6-4-5-7-13(12)10-14(18)17-11-15(2,3)8-9-16/h4-7H,8-11H2,1-3H3,(H,17,18). The van der Waals surface area contributed by atoms with Gasteiger partial charge in [-0.25, -0.2) is 0 Å². The van der Waals surface area contributed by atoms with Crippen LogP contribution >= 0.6 is 15.9 Å². The molecule has 0 bridgehead atoms. The van der Waals surface area contributed by atoms with Crippen LogP contribution in [0, 0.1) is 12.3 Å². The molecule has 0 aromatic heterocycles. The van der Waals surface area contributed by atoms with E-state index >= 15 is 0 Å². The lowest BCUT2D eigenvalue weighted by atomic mass is 9.90. The minimum absolute atomic E-state index is 0.104. The van der Waals surface area contributed by atoms with Crippen molar-refractivity contribution in [1.82, 2.24) is 5.32 Å². The molecule has 18 heavy (non-hydrogen) atoms. The van der Waals surface area contributed by atoms with Crippen LogP contribution in [0.5, 0.6) is 0 Å². The van der Waals surface area contributed by atoms with Crippen molar-refractivity contribution < 1.29 is 4.79 Å². The molecule has 1 aromatic rings. The van der Waals surface area contributed by atoms with Crippen molar-refractivity contribution in [3.63, 3.8) is 0 Å².